The van der Waals surface area contributed by atoms with Crippen molar-refractivity contribution in [2.75, 3.05) is 25.1 Å². The molecule has 19 heavy (non-hydrogen) atoms. The van der Waals surface area contributed by atoms with E-state index in [4.69, 9.17) is 14.7 Å². The van der Waals surface area contributed by atoms with E-state index in [1.807, 2.05) is 0 Å². The Morgan fingerprint density at radius 2 is 2.32 bits per heavy atom. The van der Waals surface area contributed by atoms with Crippen molar-refractivity contribution in [3.63, 3.8) is 0 Å². The van der Waals surface area contributed by atoms with Gasteiger partial charge in [0.15, 0.2) is 0 Å². The minimum Gasteiger partial charge on any atom is -0.381 e. The predicted octanol–water partition coefficient (Wildman–Crippen LogP) is 3.19. The third-order valence-corrected chi connectivity index (χ3v) is 4.62. The quantitative estimate of drug-likeness (QED) is 0.932. The third kappa shape index (κ3) is 2.44. The van der Waals surface area contributed by atoms with Crippen LogP contribution in [0.1, 0.15) is 36.9 Å². The monoisotopic (exact) mass is 277 g/mol. The van der Waals surface area contributed by atoms with E-state index in [2.05, 4.69) is 25.2 Å². The van der Waals surface area contributed by atoms with Crippen LogP contribution in [-0.4, -0.2) is 29.7 Å². The first kappa shape index (κ1) is 12.8. The van der Waals surface area contributed by atoms with Crippen LogP contribution in [0, 0.1) is 0 Å². The van der Waals surface area contributed by atoms with Gasteiger partial charge in [-0.25, -0.2) is 9.97 Å². The van der Waals surface area contributed by atoms with Crippen molar-refractivity contribution in [1.29, 1.82) is 0 Å². The van der Waals surface area contributed by atoms with Gasteiger partial charge in [0.05, 0.1) is 12.0 Å². The van der Waals surface area contributed by atoms with Gasteiger partial charge >= 0.3 is 0 Å². The SMILES string of the molecule is CCNc1nc(C2CCOC2)nc2sc(CC)cc12. The Hall–Kier alpha value is -1.20. The van der Waals surface area contributed by atoms with Crippen molar-refractivity contribution >= 4 is 27.4 Å². The zero-order valence-corrected chi connectivity index (χ0v) is 12.2. The van der Waals surface area contributed by atoms with E-state index in [1.165, 1.54) is 4.88 Å². The van der Waals surface area contributed by atoms with Gasteiger partial charge in [0, 0.05) is 23.9 Å². The molecule has 0 radical (unpaired) electrons. The summed E-state index contributed by atoms with van der Waals surface area (Å²) in [6.45, 7) is 6.73. The molecule has 1 fully saturated rings. The number of thiophene rings is 1. The molecule has 0 aliphatic carbocycles. The largest absolute Gasteiger partial charge is 0.381 e. The van der Waals surface area contributed by atoms with Crippen LogP contribution in [0.3, 0.4) is 0 Å². The van der Waals surface area contributed by atoms with Crippen molar-refractivity contribution in [3.8, 4) is 0 Å². The van der Waals surface area contributed by atoms with Crippen molar-refractivity contribution < 1.29 is 4.74 Å². The first-order chi connectivity index (χ1) is 9.31. The summed E-state index contributed by atoms with van der Waals surface area (Å²) in [6.07, 6.45) is 2.08. The van der Waals surface area contributed by atoms with E-state index < -0.39 is 0 Å². The second kappa shape index (κ2) is 5.43. The molecule has 2 aromatic rings. The van der Waals surface area contributed by atoms with Crippen LogP contribution in [0.4, 0.5) is 5.82 Å². The van der Waals surface area contributed by atoms with Crippen molar-refractivity contribution in [2.24, 2.45) is 0 Å². The summed E-state index contributed by atoms with van der Waals surface area (Å²) in [4.78, 5) is 11.9. The fraction of sp³-hybridized carbons (Fsp3) is 0.571. The van der Waals surface area contributed by atoms with Crippen LogP contribution < -0.4 is 5.32 Å². The van der Waals surface area contributed by atoms with Gasteiger partial charge in [0.1, 0.15) is 16.5 Å². The summed E-state index contributed by atoms with van der Waals surface area (Å²) in [6, 6.07) is 2.22. The maximum absolute atomic E-state index is 5.45. The Labute approximate surface area is 117 Å². The van der Waals surface area contributed by atoms with Gasteiger partial charge in [0.2, 0.25) is 0 Å². The summed E-state index contributed by atoms with van der Waals surface area (Å²) in [5, 5.41) is 4.53. The van der Waals surface area contributed by atoms with Gasteiger partial charge in [-0.05, 0) is 25.8 Å². The minimum absolute atomic E-state index is 0.356. The molecule has 1 aliphatic rings. The van der Waals surface area contributed by atoms with Gasteiger partial charge in [0.25, 0.3) is 0 Å². The van der Waals surface area contributed by atoms with Crippen molar-refractivity contribution in [2.45, 2.75) is 32.6 Å². The summed E-state index contributed by atoms with van der Waals surface area (Å²) >= 11 is 1.78. The topological polar surface area (TPSA) is 47.0 Å². The van der Waals surface area contributed by atoms with E-state index in [9.17, 15) is 0 Å². The van der Waals surface area contributed by atoms with Crippen LogP contribution in [-0.2, 0) is 11.2 Å². The minimum atomic E-state index is 0.356. The van der Waals surface area contributed by atoms with E-state index >= 15 is 0 Å². The fourth-order valence-electron chi connectivity index (χ4n) is 2.39. The standard InChI is InChI=1S/C14H19N3OS/c1-3-10-7-11-13(15-4-2)16-12(17-14(11)19-10)9-5-6-18-8-9/h7,9H,3-6,8H2,1-2H3,(H,15,16,17). The second-order valence-corrected chi connectivity index (χ2v) is 5.92. The lowest BCUT2D eigenvalue weighted by atomic mass is 10.1. The van der Waals surface area contributed by atoms with Crippen molar-refractivity contribution in [3.05, 3.63) is 16.8 Å². The zero-order chi connectivity index (χ0) is 13.2. The van der Waals surface area contributed by atoms with Crippen LogP contribution >= 0.6 is 11.3 Å². The number of nitrogens with zero attached hydrogens (tertiary/aromatic N) is 2. The van der Waals surface area contributed by atoms with Gasteiger partial charge in [-0.3, -0.25) is 0 Å². The fourth-order valence-corrected chi connectivity index (χ4v) is 3.36. The van der Waals surface area contributed by atoms with Crippen LogP contribution in [0.25, 0.3) is 10.2 Å². The number of ether oxygens (including phenoxy) is 1. The van der Waals surface area contributed by atoms with Crippen LogP contribution in [0.2, 0.25) is 0 Å². The Morgan fingerprint density at radius 1 is 1.42 bits per heavy atom. The molecule has 1 unspecified atom stereocenters. The summed E-state index contributed by atoms with van der Waals surface area (Å²) in [5.41, 5.74) is 0. The van der Waals surface area contributed by atoms with Crippen LogP contribution in [0.15, 0.2) is 6.07 Å². The zero-order valence-electron chi connectivity index (χ0n) is 11.4. The third-order valence-electron chi connectivity index (χ3n) is 3.45. The molecule has 102 valence electrons. The summed E-state index contributed by atoms with van der Waals surface area (Å²) in [7, 11) is 0. The average molecular weight is 277 g/mol. The lowest BCUT2D eigenvalue weighted by Gasteiger charge is -2.10. The molecule has 4 nitrogen and oxygen atoms in total. The molecule has 1 saturated heterocycles. The van der Waals surface area contributed by atoms with E-state index in [0.29, 0.717) is 5.92 Å². The van der Waals surface area contributed by atoms with Crippen LogP contribution in [0.5, 0.6) is 0 Å². The number of hydrogen-bond acceptors (Lipinski definition) is 5. The second-order valence-electron chi connectivity index (χ2n) is 4.81. The Bertz CT molecular complexity index is 575. The molecule has 0 spiro atoms. The van der Waals surface area contributed by atoms with E-state index in [0.717, 1.165) is 54.5 Å². The van der Waals surface area contributed by atoms with E-state index in [-0.39, 0.29) is 0 Å². The summed E-state index contributed by atoms with van der Waals surface area (Å²) < 4.78 is 5.45. The molecule has 5 heteroatoms. The molecule has 1 atom stereocenters. The summed E-state index contributed by atoms with van der Waals surface area (Å²) in [5.74, 6) is 2.27. The highest BCUT2D eigenvalue weighted by Crippen LogP contribution is 2.32. The van der Waals surface area contributed by atoms with E-state index in [1.54, 1.807) is 11.3 Å². The molecule has 1 N–H and O–H groups in total. The van der Waals surface area contributed by atoms with Gasteiger partial charge in [-0.2, -0.15) is 0 Å². The molecule has 0 saturated carbocycles. The molecule has 2 aromatic heterocycles. The highest BCUT2D eigenvalue weighted by Gasteiger charge is 2.22. The van der Waals surface area contributed by atoms with Gasteiger partial charge < -0.3 is 10.1 Å². The predicted molar refractivity (Wildman–Crippen MR) is 79.1 cm³/mol. The van der Waals surface area contributed by atoms with Crippen molar-refractivity contribution in [1.82, 2.24) is 9.97 Å². The Kier molecular flexibility index (Phi) is 3.66. The number of fused-ring (bicyclic) bond motifs is 1. The number of rotatable bonds is 4. The first-order valence-electron chi connectivity index (χ1n) is 6.93. The highest BCUT2D eigenvalue weighted by atomic mass is 32.1. The lowest BCUT2D eigenvalue weighted by molar-refractivity contribution is 0.193. The average Bonchev–Trinajstić information content (AvgIpc) is 3.07. The molecular formula is C14H19N3OS. The molecular weight excluding hydrogens is 258 g/mol. The maximum Gasteiger partial charge on any atom is 0.138 e. The first-order valence-corrected chi connectivity index (χ1v) is 7.75. The number of nitrogens with one attached hydrogen (secondary N) is 1. The number of anilines is 1. The molecule has 1 aliphatic heterocycles. The maximum atomic E-state index is 5.45. The van der Waals surface area contributed by atoms with Gasteiger partial charge in [-0.15, -0.1) is 11.3 Å². The number of aryl methyl sites for hydroxylation is 1. The molecule has 3 heterocycles. The normalized spacial score (nSPS) is 19.2. The smallest absolute Gasteiger partial charge is 0.138 e. The number of aromatic nitrogens is 2. The molecule has 0 aromatic carbocycles. The Morgan fingerprint density at radius 3 is 3.00 bits per heavy atom. The molecule has 0 bridgehead atoms. The lowest BCUT2D eigenvalue weighted by Crippen LogP contribution is -2.08. The van der Waals surface area contributed by atoms with Gasteiger partial charge in [-0.1, -0.05) is 6.92 Å². The number of hydrogen-bond donors (Lipinski definition) is 1. The Balaban J connectivity index is 2.08. The molecule has 0 amide bonds. The molecule has 3 rings (SSSR count). The highest BCUT2D eigenvalue weighted by molar-refractivity contribution is 7.18.